The molecule has 33 heavy (non-hydrogen) atoms. The molecule has 0 aliphatic rings. The van der Waals surface area contributed by atoms with Gasteiger partial charge in [-0.2, -0.15) is 5.10 Å². The second-order valence-electron chi connectivity index (χ2n) is 6.86. The maximum Gasteiger partial charge on any atom is 0.307 e. The van der Waals surface area contributed by atoms with E-state index in [0.29, 0.717) is 28.3 Å². The second-order valence-corrected chi connectivity index (χ2v) is 8.43. The highest BCUT2D eigenvalue weighted by molar-refractivity contribution is 14.1. The summed E-state index contributed by atoms with van der Waals surface area (Å²) in [4.78, 5) is 22.7. The molecule has 0 atom stereocenters. The van der Waals surface area contributed by atoms with Gasteiger partial charge < -0.3 is 9.15 Å². The number of fused-ring (bicyclic) bond motifs is 1. The van der Waals surface area contributed by atoms with Crippen LogP contribution in [0.5, 0.6) is 5.75 Å². The number of hydrogen-bond donors (Lipinski definition) is 1. The number of nitrogens with zero attached hydrogens (tertiary/aromatic N) is 2. The van der Waals surface area contributed by atoms with E-state index in [1.165, 1.54) is 30.5 Å². The van der Waals surface area contributed by atoms with Crippen LogP contribution >= 0.6 is 34.2 Å². The maximum atomic E-state index is 12.3. The molecular weight excluding hydrogens is 561 g/mol. The first-order chi connectivity index (χ1) is 15.9. The summed E-state index contributed by atoms with van der Waals surface area (Å²) in [5.41, 5.74) is 4.32. The van der Waals surface area contributed by atoms with Crippen LogP contribution in [0.2, 0.25) is 5.02 Å². The minimum atomic E-state index is -0.570. The van der Waals surface area contributed by atoms with E-state index in [9.17, 15) is 14.9 Å². The van der Waals surface area contributed by atoms with Crippen molar-refractivity contribution >= 4 is 63.0 Å². The van der Waals surface area contributed by atoms with Gasteiger partial charge >= 0.3 is 5.91 Å². The van der Waals surface area contributed by atoms with E-state index in [1.54, 1.807) is 6.07 Å². The molecule has 1 heterocycles. The van der Waals surface area contributed by atoms with Crippen molar-refractivity contribution in [2.75, 3.05) is 0 Å². The number of furan rings is 1. The Morgan fingerprint density at radius 3 is 2.76 bits per heavy atom. The van der Waals surface area contributed by atoms with E-state index in [4.69, 9.17) is 20.8 Å². The molecule has 0 aliphatic heterocycles. The van der Waals surface area contributed by atoms with Gasteiger partial charge in [0, 0.05) is 28.1 Å². The number of nitro groups is 1. The standard InChI is InChI=1S/C23H15ClIN3O5/c24-18-4-2-1-3-15(18)13-32-21-7-5-14(9-19(21)25)12-26-27-23(29)22-11-16-10-17(28(30)31)6-8-20(16)33-22/h1-12H,13H2,(H,27,29)/b26-12+. The lowest BCUT2D eigenvalue weighted by Gasteiger charge is -2.10. The van der Waals surface area contributed by atoms with Gasteiger partial charge in [0.05, 0.1) is 14.7 Å². The SMILES string of the molecule is O=C(N/N=C/c1ccc(OCc2ccccc2Cl)c(I)c1)c1cc2cc([N+](=O)[O-])ccc2o1. The van der Waals surface area contributed by atoms with E-state index in [1.807, 2.05) is 36.4 Å². The van der Waals surface area contributed by atoms with Gasteiger partial charge in [0.15, 0.2) is 5.76 Å². The van der Waals surface area contributed by atoms with Gasteiger partial charge in [-0.1, -0.05) is 29.8 Å². The van der Waals surface area contributed by atoms with Crippen LogP contribution in [0.1, 0.15) is 21.7 Å². The summed E-state index contributed by atoms with van der Waals surface area (Å²) in [6.45, 7) is 0.347. The van der Waals surface area contributed by atoms with Gasteiger partial charge in [0.2, 0.25) is 0 Å². The number of non-ortho nitro benzene ring substituents is 1. The van der Waals surface area contributed by atoms with E-state index >= 15 is 0 Å². The molecule has 0 aliphatic carbocycles. The number of amides is 1. The monoisotopic (exact) mass is 575 g/mol. The molecular formula is C23H15ClIN3O5. The Labute approximate surface area is 206 Å². The van der Waals surface area contributed by atoms with Crippen LogP contribution in [0.4, 0.5) is 5.69 Å². The Kier molecular flexibility index (Phi) is 6.90. The number of ether oxygens (including phenoxy) is 1. The van der Waals surface area contributed by atoms with E-state index < -0.39 is 10.8 Å². The highest BCUT2D eigenvalue weighted by Gasteiger charge is 2.14. The molecule has 0 bridgehead atoms. The smallest absolute Gasteiger partial charge is 0.307 e. The third-order valence-corrected chi connectivity index (χ3v) is 5.82. The minimum Gasteiger partial charge on any atom is -0.488 e. The molecule has 0 fully saturated rings. The third-order valence-electron chi connectivity index (χ3n) is 4.61. The normalized spacial score (nSPS) is 11.1. The predicted molar refractivity (Wildman–Crippen MR) is 133 cm³/mol. The number of nitrogens with one attached hydrogen (secondary N) is 1. The van der Waals surface area contributed by atoms with Gasteiger partial charge in [-0.05, 0) is 64.6 Å². The Morgan fingerprint density at radius 2 is 2.00 bits per heavy atom. The Bertz CT molecular complexity index is 1390. The molecule has 10 heteroatoms. The zero-order chi connectivity index (χ0) is 23.4. The summed E-state index contributed by atoms with van der Waals surface area (Å²) < 4.78 is 12.2. The molecule has 0 saturated carbocycles. The van der Waals surface area contributed by atoms with E-state index in [0.717, 1.165) is 14.7 Å². The fraction of sp³-hybridized carbons (Fsp3) is 0.0435. The number of carbonyl (C=O) groups excluding carboxylic acids is 1. The molecule has 0 radical (unpaired) electrons. The Balaban J connectivity index is 1.38. The Hall–Kier alpha value is -3.44. The van der Waals surface area contributed by atoms with Crippen molar-refractivity contribution in [3.05, 3.63) is 102 Å². The molecule has 4 rings (SSSR count). The van der Waals surface area contributed by atoms with Crippen molar-refractivity contribution in [1.82, 2.24) is 5.43 Å². The van der Waals surface area contributed by atoms with Crippen molar-refractivity contribution < 1.29 is 18.9 Å². The number of benzene rings is 3. The molecule has 0 spiro atoms. The van der Waals surface area contributed by atoms with Crippen LogP contribution in [0, 0.1) is 13.7 Å². The van der Waals surface area contributed by atoms with Crippen LogP contribution in [0.25, 0.3) is 11.0 Å². The van der Waals surface area contributed by atoms with E-state index in [2.05, 4.69) is 33.1 Å². The number of nitro benzene ring substituents is 1. The van der Waals surface area contributed by atoms with Gasteiger partial charge in [-0.15, -0.1) is 0 Å². The summed E-state index contributed by atoms with van der Waals surface area (Å²) >= 11 is 8.31. The van der Waals surface area contributed by atoms with Gasteiger partial charge in [-0.3, -0.25) is 14.9 Å². The van der Waals surface area contributed by atoms with Crippen LogP contribution in [0.15, 0.2) is 76.2 Å². The van der Waals surface area contributed by atoms with Crippen LogP contribution in [-0.2, 0) is 6.61 Å². The maximum absolute atomic E-state index is 12.3. The first-order valence-corrected chi connectivity index (χ1v) is 11.0. The van der Waals surface area contributed by atoms with Gasteiger partial charge in [0.25, 0.3) is 5.69 Å². The number of hydrazone groups is 1. The lowest BCUT2D eigenvalue weighted by Crippen LogP contribution is -2.16. The average Bonchev–Trinajstić information content (AvgIpc) is 3.23. The summed E-state index contributed by atoms with van der Waals surface area (Å²) in [5, 5.41) is 15.9. The quantitative estimate of drug-likeness (QED) is 0.127. The van der Waals surface area contributed by atoms with Crippen LogP contribution in [0.3, 0.4) is 0 Å². The largest absolute Gasteiger partial charge is 0.488 e. The fourth-order valence-electron chi connectivity index (χ4n) is 2.96. The highest BCUT2D eigenvalue weighted by atomic mass is 127. The van der Waals surface area contributed by atoms with E-state index in [-0.39, 0.29) is 11.4 Å². The molecule has 0 saturated heterocycles. The third kappa shape index (κ3) is 5.49. The summed E-state index contributed by atoms with van der Waals surface area (Å²) in [6.07, 6.45) is 1.49. The summed E-state index contributed by atoms with van der Waals surface area (Å²) in [7, 11) is 0. The van der Waals surface area contributed by atoms with Gasteiger partial charge in [-0.25, -0.2) is 5.43 Å². The first kappa shape index (κ1) is 22.7. The van der Waals surface area contributed by atoms with Crippen LogP contribution in [-0.4, -0.2) is 17.0 Å². The van der Waals surface area contributed by atoms with Crippen molar-refractivity contribution in [2.24, 2.45) is 5.10 Å². The molecule has 1 aromatic heterocycles. The number of halogens is 2. The number of hydrogen-bond acceptors (Lipinski definition) is 6. The van der Waals surface area contributed by atoms with Crippen LogP contribution < -0.4 is 10.2 Å². The molecule has 8 nitrogen and oxygen atoms in total. The lowest BCUT2D eigenvalue weighted by molar-refractivity contribution is -0.384. The van der Waals surface area contributed by atoms with Crippen molar-refractivity contribution in [2.45, 2.75) is 6.61 Å². The zero-order valence-electron chi connectivity index (χ0n) is 16.8. The number of carbonyl (C=O) groups is 1. The topological polar surface area (TPSA) is 107 Å². The average molecular weight is 576 g/mol. The number of rotatable bonds is 7. The first-order valence-electron chi connectivity index (χ1n) is 9.58. The van der Waals surface area contributed by atoms with Crippen molar-refractivity contribution in [3.8, 4) is 5.75 Å². The highest BCUT2D eigenvalue weighted by Crippen LogP contribution is 2.25. The minimum absolute atomic E-state index is 0.000509. The molecule has 0 unspecified atom stereocenters. The lowest BCUT2D eigenvalue weighted by atomic mass is 10.2. The zero-order valence-corrected chi connectivity index (χ0v) is 19.7. The predicted octanol–water partition coefficient (Wildman–Crippen LogP) is 5.94. The van der Waals surface area contributed by atoms with Gasteiger partial charge in [0.1, 0.15) is 17.9 Å². The summed E-state index contributed by atoms with van der Waals surface area (Å²) in [6, 6.07) is 18.5. The second kappa shape index (κ2) is 10.0. The van der Waals surface area contributed by atoms with Crippen molar-refractivity contribution in [1.29, 1.82) is 0 Å². The summed E-state index contributed by atoms with van der Waals surface area (Å²) in [5.74, 6) is 0.133. The molecule has 1 N–H and O–H groups in total. The molecule has 1 amide bonds. The molecule has 4 aromatic rings. The van der Waals surface area contributed by atoms with Crippen molar-refractivity contribution in [3.63, 3.8) is 0 Å². The Morgan fingerprint density at radius 1 is 1.18 bits per heavy atom. The fourth-order valence-corrected chi connectivity index (χ4v) is 3.85. The molecule has 166 valence electrons. The molecule has 3 aromatic carbocycles.